The van der Waals surface area contributed by atoms with Crippen molar-refractivity contribution in [3.05, 3.63) is 41.3 Å². The van der Waals surface area contributed by atoms with Gasteiger partial charge in [-0.25, -0.2) is 9.37 Å². The number of fused-ring (bicyclic) bond motifs is 1. The molecule has 1 atom stereocenters. The van der Waals surface area contributed by atoms with Crippen LogP contribution in [0.2, 0.25) is 0 Å². The number of aryl methyl sites for hydroxylation is 1. The standard InChI is InChI=1S/C19H18FN5O3/c1-9-17-12(19(28)21-8-11-3-5-16(27)22-11)7-14(23-18(17)25-24-9)10-2-4-15(26)13(20)6-10/h2,4,6-7,11,26H,3,5,8H2,1H3,(H,21,28)(H,22,27)(H,23,24,25). The lowest BCUT2D eigenvalue weighted by atomic mass is 10.0. The summed E-state index contributed by atoms with van der Waals surface area (Å²) in [5.41, 5.74) is 2.16. The van der Waals surface area contributed by atoms with Crippen LogP contribution in [0.15, 0.2) is 24.3 Å². The molecule has 0 spiro atoms. The second kappa shape index (κ2) is 6.91. The first-order valence-corrected chi connectivity index (χ1v) is 8.84. The third-order valence-electron chi connectivity index (χ3n) is 4.79. The first-order chi connectivity index (χ1) is 13.4. The van der Waals surface area contributed by atoms with Gasteiger partial charge in [0, 0.05) is 24.6 Å². The van der Waals surface area contributed by atoms with Crippen molar-refractivity contribution in [2.24, 2.45) is 0 Å². The number of benzene rings is 1. The van der Waals surface area contributed by atoms with Crippen molar-refractivity contribution >= 4 is 22.8 Å². The van der Waals surface area contributed by atoms with Gasteiger partial charge in [0.2, 0.25) is 5.91 Å². The predicted molar refractivity (Wildman–Crippen MR) is 99.2 cm³/mol. The van der Waals surface area contributed by atoms with Crippen LogP contribution in [0, 0.1) is 12.7 Å². The molecule has 4 N–H and O–H groups in total. The summed E-state index contributed by atoms with van der Waals surface area (Å²) in [5.74, 6) is -1.59. The van der Waals surface area contributed by atoms with Crippen LogP contribution in [-0.4, -0.2) is 44.7 Å². The SMILES string of the molecule is Cc1n[nH]c2nc(-c3ccc(O)c(F)c3)cc(C(=O)NCC3CCC(=O)N3)c12. The molecule has 0 saturated carbocycles. The zero-order valence-corrected chi connectivity index (χ0v) is 15.0. The topological polar surface area (TPSA) is 120 Å². The summed E-state index contributed by atoms with van der Waals surface area (Å²) in [4.78, 5) is 28.6. The van der Waals surface area contributed by atoms with Crippen molar-refractivity contribution in [2.75, 3.05) is 6.54 Å². The minimum Gasteiger partial charge on any atom is -0.505 e. The highest BCUT2D eigenvalue weighted by Gasteiger charge is 2.23. The van der Waals surface area contributed by atoms with E-state index in [9.17, 15) is 19.1 Å². The van der Waals surface area contributed by atoms with Crippen molar-refractivity contribution in [3.8, 4) is 17.0 Å². The highest BCUT2D eigenvalue weighted by atomic mass is 19.1. The van der Waals surface area contributed by atoms with Gasteiger partial charge in [-0.15, -0.1) is 0 Å². The largest absolute Gasteiger partial charge is 0.505 e. The predicted octanol–water partition coefficient (Wildman–Crippen LogP) is 1.79. The fourth-order valence-corrected chi connectivity index (χ4v) is 3.32. The maximum atomic E-state index is 13.8. The molecule has 1 aliphatic heterocycles. The Kier molecular flexibility index (Phi) is 4.42. The molecule has 2 aromatic heterocycles. The van der Waals surface area contributed by atoms with Gasteiger partial charge in [-0.2, -0.15) is 5.10 Å². The molecule has 144 valence electrons. The number of carbonyl (C=O) groups is 2. The zero-order chi connectivity index (χ0) is 19.8. The second-order valence-corrected chi connectivity index (χ2v) is 6.77. The molecule has 1 aliphatic rings. The zero-order valence-electron chi connectivity index (χ0n) is 15.0. The molecule has 4 rings (SSSR count). The fraction of sp³-hybridized carbons (Fsp3) is 0.263. The fourth-order valence-electron chi connectivity index (χ4n) is 3.32. The molecule has 1 aromatic carbocycles. The smallest absolute Gasteiger partial charge is 0.252 e. The molecule has 0 radical (unpaired) electrons. The van der Waals surface area contributed by atoms with Gasteiger partial charge < -0.3 is 15.7 Å². The number of aromatic amines is 1. The third-order valence-corrected chi connectivity index (χ3v) is 4.79. The van der Waals surface area contributed by atoms with Gasteiger partial charge in [-0.3, -0.25) is 14.7 Å². The summed E-state index contributed by atoms with van der Waals surface area (Å²) < 4.78 is 13.8. The van der Waals surface area contributed by atoms with E-state index >= 15 is 0 Å². The van der Waals surface area contributed by atoms with Crippen LogP contribution in [0.5, 0.6) is 5.75 Å². The maximum Gasteiger partial charge on any atom is 0.252 e. The molecule has 28 heavy (non-hydrogen) atoms. The van der Waals surface area contributed by atoms with E-state index in [1.165, 1.54) is 12.1 Å². The number of phenolic OH excluding ortho intramolecular Hbond substituents is 1. The van der Waals surface area contributed by atoms with Gasteiger partial charge in [0.15, 0.2) is 17.2 Å². The third kappa shape index (κ3) is 3.26. The molecule has 2 amide bonds. The van der Waals surface area contributed by atoms with Gasteiger partial charge in [-0.05, 0) is 37.6 Å². The lowest BCUT2D eigenvalue weighted by Crippen LogP contribution is -2.38. The molecule has 0 bridgehead atoms. The molecule has 1 unspecified atom stereocenters. The summed E-state index contributed by atoms with van der Waals surface area (Å²) in [7, 11) is 0. The molecule has 1 fully saturated rings. The summed E-state index contributed by atoms with van der Waals surface area (Å²) >= 11 is 0. The Labute approximate surface area is 159 Å². The lowest BCUT2D eigenvalue weighted by Gasteiger charge is -2.13. The average Bonchev–Trinajstić information content (AvgIpc) is 3.27. The van der Waals surface area contributed by atoms with E-state index in [-0.39, 0.29) is 17.9 Å². The Bertz CT molecular complexity index is 1090. The van der Waals surface area contributed by atoms with Crippen LogP contribution in [-0.2, 0) is 4.79 Å². The van der Waals surface area contributed by atoms with E-state index in [0.717, 1.165) is 6.07 Å². The second-order valence-electron chi connectivity index (χ2n) is 6.77. The van der Waals surface area contributed by atoms with E-state index < -0.39 is 11.6 Å². The number of phenols is 1. The number of nitrogens with zero attached hydrogens (tertiary/aromatic N) is 2. The number of hydrogen-bond acceptors (Lipinski definition) is 5. The van der Waals surface area contributed by atoms with Crippen molar-refractivity contribution in [3.63, 3.8) is 0 Å². The van der Waals surface area contributed by atoms with Crippen LogP contribution in [0.3, 0.4) is 0 Å². The maximum absolute atomic E-state index is 13.8. The van der Waals surface area contributed by atoms with Gasteiger partial charge in [0.1, 0.15) is 0 Å². The van der Waals surface area contributed by atoms with E-state index in [2.05, 4.69) is 25.8 Å². The molecule has 3 aromatic rings. The molecule has 0 aliphatic carbocycles. The van der Waals surface area contributed by atoms with Crippen LogP contribution < -0.4 is 10.6 Å². The number of aromatic nitrogens is 3. The Morgan fingerprint density at radius 2 is 2.21 bits per heavy atom. The van der Waals surface area contributed by atoms with Crippen LogP contribution in [0.4, 0.5) is 4.39 Å². The number of pyridine rings is 1. The summed E-state index contributed by atoms with van der Waals surface area (Å²) in [6.45, 7) is 2.07. The summed E-state index contributed by atoms with van der Waals surface area (Å²) in [5, 5.41) is 22.5. The number of nitrogens with one attached hydrogen (secondary N) is 3. The number of halogens is 1. The molecular formula is C19H18FN5O3. The summed E-state index contributed by atoms with van der Waals surface area (Å²) in [6.07, 6.45) is 1.13. The number of rotatable bonds is 4. The number of hydrogen-bond donors (Lipinski definition) is 4. The number of aromatic hydroxyl groups is 1. The Morgan fingerprint density at radius 1 is 1.39 bits per heavy atom. The highest BCUT2D eigenvalue weighted by molar-refractivity contribution is 6.07. The summed E-state index contributed by atoms with van der Waals surface area (Å²) in [6, 6.07) is 5.38. The van der Waals surface area contributed by atoms with Crippen molar-refractivity contribution in [1.82, 2.24) is 25.8 Å². The van der Waals surface area contributed by atoms with Gasteiger partial charge in [-0.1, -0.05) is 0 Å². The van der Waals surface area contributed by atoms with Crippen LogP contribution in [0.1, 0.15) is 28.9 Å². The first-order valence-electron chi connectivity index (χ1n) is 8.84. The van der Waals surface area contributed by atoms with Gasteiger partial charge >= 0.3 is 0 Å². The van der Waals surface area contributed by atoms with Crippen molar-refractivity contribution in [2.45, 2.75) is 25.8 Å². The number of amides is 2. The minimum atomic E-state index is -0.775. The molecule has 8 nitrogen and oxygen atoms in total. The molecule has 3 heterocycles. The highest BCUT2D eigenvalue weighted by Crippen LogP contribution is 2.28. The van der Waals surface area contributed by atoms with E-state index in [1.807, 2.05) is 0 Å². The van der Waals surface area contributed by atoms with Crippen LogP contribution in [0.25, 0.3) is 22.3 Å². The Balaban J connectivity index is 1.69. The molecular weight excluding hydrogens is 365 g/mol. The van der Waals surface area contributed by atoms with Gasteiger partial charge in [0.05, 0.1) is 22.3 Å². The van der Waals surface area contributed by atoms with Crippen molar-refractivity contribution < 1.29 is 19.1 Å². The van der Waals surface area contributed by atoms with E-state index in [4.69, 9.17) is 0 Å². The average molecular weight is 383 g/mol. The lowest BCUT2D eigenvalue weighted by molar-refractivity contribution is -0.119. The minimum absolute atomic E-state index is 0.0205. The quantitative estimate of drug-likeness (QED) is 0.547. The molecule has 1 saturated heterocycles. The Hall–Kier alpha value is -3.49. The number of carbonyl (C=O) groups excluding carboxylic acids is 2. The molecule has 9 heteroatoms. The van der Waals surface area contributed by atoms with E-state index in [0.29, 0.717) is 52.9 Å². The van der Waals surface area contributed by atoms with Crippen molar-refractivity contribution in [1.29, 1.82) is 0 Å². The first kappa shape index (κ1) is 17.9. The van der Waals surface area contributed by atoms with Gasteiger partial charge in [0.25, 0.3) is 5.91 Å². The van der Waals surface area contributed by atoms with Crippen LogP contribution >= 0.6 is 0 Å². The monoisotopic (exact) mass is 383 g/mol. The van der Waals surface area contributed by atoms with E-state index in [1.54, 1.807) is 13.0 Å². The normalized spacial score (nSPS) is 16.4. The number of H-pyrrole nitrogens is 1. The Morgan fingerprint density at radius 3 is 2.93 bits per heavy atom.